The third-order valence-corrected chi connectivity index (χ3v) is 25.4. The van der Waals surface area contributed by atoms with Crippen molar-refractivity contribution >= 4 is 24.1 Å². The number of carbonyl (C=O) groups excluding carboxylic acids is 3. The molecule has 3 amide bonds. The first-order valence-electron chi connectivity index (χ1n) is 33.0. The molecule has 0 heterocycles. The predicted molar refractivity (Wildman–Crippen MR) is 326 cm³/mol. The maximum absolute atomic E-state index is 12.6. The molecule has 83 heavy (non-hydrogen) atoms. The molecule has 0 aliphatic heterocycles. The van der Waals surface area contributed by atoms with Crippen molar-refractivity contribution in [2.45, 2.75) is 223 Å². The number of nitrogens with one attached hydrogen (secondary N) is 3. The predicted octanol–water partition coefficient (Wildman–Crippen LogP) is 14.4. The number of hydrazine groups is 2. The number of nitrogens with two attached hydrogens (primary N) is 1. The number of benzene rings is 2. The van der Waals surface area contributed by atoms with Crippen LogP contribution in [0.3, 0.4) is 0 Å². The van der Waals surface area contributed by atoms with Crippen molar-refractivity contribution in [3.05, 3.63) is 71.8 Å². The molecule has 10 rings (SSSR count). The zero-order valence-corrected chi connectivity index (χ0v) is 52.6. The lowest BCUT2D eigenvalue weighted by Crippen LogP contribution is -2.61. The van der Waals surface area contributed by atoms with E-state index in [2.05, 4.69) is 80.1 Å². The number of carboxylic acids is 1. The molecule has 13 nitrogen and oxygen atoms in total. The van der Waals surface area contributed by atoms with Crippen molar-refractivity contribution in [2.24, 2.45) is 122 Å². The van der Waals surface area contributed by atoms with Gasteiger partial charge < -0.3 is 24.8 Å². The first kappa shape index (κ1) is 64.8. The lowest BCUT2D eigenvalue weighted by Gasteiger charge is -2.65. The van der Waals surface area contributed by atoms with Crippen LogP contribution in [0.15, 0.2) is 60.7 Å². The van der Waals surface area contributed by atoms with Crippen LogP contribution >= 0.6 is 0 Å². The Morgan fingerprint density at radius 1 is 0.554 bits per heavy atom. The van der Waals surface area contributed by atoms with Crippen molar-refractivity contribution in [3.63, 3.8) is 0 Å². The lowest BCUT2D eigenvalue weighted by molar-refractivity contribution is -0.198. The van der Waals surface area contributed by atoms with Gasteiger partial charge in [0.05, 0.1) is 12.2 Å². The number of aliphatic carboxylic acids is 1. The summed E-state index contributed by atoms with van der Waals surface area (Å²) in [6.45, 7) is 24.7. The standard InChI is InChI=1S/C35H54N2O4.C27H46O3.C8H10N2O2/c1-6-25-29-20-22(2)16-18-35(29,5)28-17-19-34(4)26(13-14-27(34)31(28)32(25)39)23(3)12-15-30(38)36-37-33(40)41-21-24-10-8-7-9-11-24;1-6-18-22-15-16(2)11-13-27(22,5)21-12-14-26(4)19(17(3)7-10-23(28)29)8-9-20(26)24(21)25(18)30;9-10-8(11)12-6-7-4-2-1-3-5-7/h7-11,22-23,25-29,31-32,39H,6,12-21H2,1-5H3,(H,36,38)(H,37,40);16-22,24-25,30H,6-15H2,1-5H3,(H,28,29);1-5H,6,9H2,(H,10,11)/t22-,23-,25-,26-,27+,28+,29+,31+,32-,34-,35-;16-,17-,18-,19-,20+,21+,22+,24+,25-,26-,27-;/m11./s1. The van der Waals surface area contributed by atoms with E-state index in [-0.39, 0.29) is 42.2 Å². The summed E-state index contributed by atoms with van der Waals surface area (Å²) in [4.78, 5) is 46.3. The Hall–Kier alpha value is -4.20. The van der Waals surface area contributed by atoms with Crippen molar-refractivity contribution in [2.75, 3.05) is 0 Å². The van der Waals surface area contributed by atoms with E-state index in [0.29, 0.717) is 107 Å². The second kappa shape index (κ2) is 27.7. The zero-order chi connectivity index (χ0) is 60.0. The SMILES string of the molecule is CC[C@H]1[C@@H](O)[C@@H]2[C@H](CC[C@]3(C)[C@@H]([C@H](C)CCC(=O)NNC(=O)OCc4ccccc4)CC[C@@H]23)[C@@]2(C)CC[C@@H](C)C[C@@H]12.CC[C@H]1[C@@H](O)[C@@H]2[C@H](CC[C@]3(C)[C@@H]([C@H](C)CCC(=O)O)CC[C@@H]23)[C@@]2(C)CC[C@@H](C)C[C@@H]12.NNC(=O)OCc1ccccc1. The average Bonchev–Trinajstić information content (AvgIpc) is 3.15. The summed E-state index contributed by atoms with van der Waals surface area (Å²) in [5.41, 5.74) is 9.89. The molecular weight excluding hydrogens is 1040 g/mol. The van der Waals surface area contributed by atoms with E-state index < -0.39 is 18.2 Å². The van der Waals surface area contributed by atoms with Crippen LogP contribution in [0, 0.1) is 116 Å². The second-order valence-corrected chi connectivity index (χ2v) is 29.5. The van der Waals surface area contributed by atoms with Crippen LogP contribution in [0.25, 0.3) is 0 Å². The number of amides is 3. The summed E-state index contributed by atoms with van der Waals surface area (Å²) in [6.07, 6.45) is 20.8. The average molecular weight is 1150 g/mol. The van der Waals surface area contributed by atoms with E-state index in [0.717, 1.165) is 48.6 Å². The van der Waals surface area contributed by atoms with E-state index in [9.17, 15) is 34.5 Å². The van der Waals surface area contributed by atoms with Crippen molar-refractivity contribution in [3.8, 4) is 0 Å². The summed E-state index contributed by atoms with van der Waals surface area (Å²) < 4.78 is 9.89. The fourth-order valence-corrected chi connectivity index (χ4v) is 21.1. The van der Waals surface area contributed by atoms with Crippen LogP contribution in [-0.4, -0.2) is 51.6 Å². The molecule has 8 aliphatic carbocycles. The van der Waals surface area contributed by atoms with E-state index in [4.69, 9.17) is 15.3 Å². The minimum absolute atomic E-state index is 0.138. The Morgan fingerprint density at radius 3 is 1.36 bits per heavy atom. The molecule has 0 radical (unpaired) electrons. The zero-order valence-electron chi connectivity index (χ0n) is 52.6. The van der Waals surface area contributed by atoms with Crippen LogP contribution in [-0.2, 0) is 32.3 Å². The van der Waals surface area contributed by atoms with Gasteiger partial charge in [0, 0.05) is 12.8 Å². The van der Waals surface area contributed by atoms with Crippen molar-refractivity contribution in [1.29, 1.82) is 0 Å². The van der Waals surface area contributed by atoms with Crippen LogP contribution in [0.5, 0.6) is 0 Å². The fourth-order valence-electron chi connectivity index (χ4n) is 21.1. The maximum Gasteiger partial charge on any atom is 0.426 e. The summed E-state index contributed by atoms with van der Waals surface area (Å²) in [5.74, 6) is 13.3. The topological polar surface area (TPSA) is 210 Å². The van der Waals surface area contributed by atoms with Gasteiger partial charge in [-0.05, 0) is 217 Å². The molecule has 22 atom stereocenters. The second-order valence-electron chi connectivity index (χ2n) is 29.5. The molecule has 464 valence electrons. The first-order chi connectivity index (χ1) is 39.5. The van der Waals surface area contributed by atoms with Gasteiger partial charge >= 0.3 is 18.2 Å². The molecule has 0 spiro atoms. The molecule has 2 aromatic rings. The van der Waals surface area contributed by atoms with Gasteiger partial charge in [-0.15, -0.1) is 0 Å². The monoisotopic (exact) mass is 1150 g/mol. The Labute approximate surface area is 499 Å². The van der Waals surface area contributed by atoms with Gasteiger partial charge in [-0.2, -0.15) is 0 Å². The van der Waals surface area contributed by atoms with Crippen LogP contribution in [0.1, 0.15) is 209 Å². The molecule has 13 heteroatoms. The number of hydrogen-bond donors (Lipinski definition) is 7. The number of ether oxygens (including phenoxy) is 2. The molecule has 8 aliphatic rings. The molecule has 0 bridgehead atoms. The van der Waals surface area contributed by atoms with Crippen LogP contribution in [0.4, 0.5) is 9.59 Å². The largest absolute Gasteiger partial charge is 0.481 e. The Balaban J connectivity index is 0.000000186. The molecule has 8 N–H and O–H groups in total. The first-order valence-corrected chi connectivity index (χ1v) is 33.0. The number of aliphatic hydroxyl groups is 2. The number of carboxylic acid groups (broad SMARTS) is 1. The Morgan fingerprint density at radius 2 is 0.952 bits per heavy atom. The van der Waals surface area contributed by atoms with Crippen molar-refractivity contribution in [1.82, 2.24) is 16.3 Å². The van der Waals surface area contributed by atoms with E-state index in [1.807, 2.05) is 66.1 Å². The minimum Gasteiger partial charge on any atom is -0.481 e. The minimum atomic E-state index is -0.663. The highest BCUT2D eigenvalue weighted by Crippen LogP contribution is 2.72. The Bertz CT molecular complexity index is 2450. The van der Waals surface area contributed by atoms with Crippen LogP contribution < -0.4 is 22.1 Å². The summed E-state index contributed by atoms with van der Waals surface area (Å²) >= 11 is 0. The molecule has 2 aromatic carbocycles. The number of carbonyl (C=O) groups is 4. The third kappa shape index (κ3) is 13.7. The highest BCUT2D eigenvalue weighted by molar-refractivity contribution is 5.79. The number of fused-ring (bicyclic) bond motifs is 10. The maximum atomic E-state index is 12.6. The van der Waals surface area contributed by atoms with Crippen molar-refractivity contribution < 1.29 is 44.0 Å². The number of aliphatic hydroxyl groups excluding tert-OH is 2. The van der Waals surface area contributed by atoms with Gasteiger partial charge in [0.25, 0.3) is 0 Å². The normalized spacial score (nSPS) is 39.9. The molecule has 0 saturated heterocycles. The number of rotatable bonds is 14. The molecule has 0 aromatic heterocycles. The van der Waals surface area contributed by atoms with E-state index in [1.54, 1.807) is 0 Å². The highest BCUT2D eigenvalue weighted by Gasteiger charge is 2.66. The smallest absolute Gasteiger partial charge is 0.426 e. The van der Waals surface area contributed by atoms with Gasteiger partial charge in [-0.3, -0.25) is 20.4 Å². The van der Waals surface area contributed by atoms with E-state index in [1.165, 1.54) is 89.9 Å². The van der Waals surface area contributed by atoms with Gasteiger partial charge in [0.1, 0.15) is 13.2 Å². The fraction of sp³-hybridized carbons (Fsp3) is 0.771. The van der Waals surface area contributed by atoms with Gasteiger partial charge in [-0.1, -0.05) is 156 Å². The number of hydrogen-bond acceptors (Lipinski definition) is 9. The molecule has 8 saturated carbocycles. The summed E-state index contributed by atoms with van der Waals surface area (Å²) in [7, 11) is 0. The van der Waals surface area contributed by atoms with Crippen LogP contribution in [0.2, 0.25) is 0 Å². The van der Waals surface area contributed by atoms with Gasteiger partial charge in [0.15, 0.2) is 0 Å². The lowest BCUT2D eigenvalue weighted by atomic mass is 9.41. The molecular formula is C70H110N4O9. The Kier molecular flexibility index (Phi) is 21.6. The summed E-state index contributed by atoms with van der Waals surface area (Å²) in [5, 5.41) is 32.9. The molecule has 0 unspecified atom stereocenters. The highest BCUT2D eigenvalue weighted by atomic mass is 16.6. The summed E-state index contributed by atoms with van der Waals surface area (Å²) in [6, 6.07) is 18.8. The quantitative estimate of drug-likeness (QED) is 0.0541. The van der Waals surface area contributed by atoms with Gasteiger partial charge in [0.2, 0.25) is 5.91 Å². The third-order valence-electron chi connectivity index (χ3n) is 25.4. The van der Waals surface area contributed by atoms with Gasteiger partial charge in [-0.25, -0.2) is 20.9 Å². The molecule has 8 fully saturated rings. The van der Waals surface area contributed by atoms with E-state index >= 15 is 0 Å².